The molecule has 0 aliphatic heterocycles. The number of nitro benzene ring substituents is 1. The molecule has 0 atom stereocenters. The molecule has 7 heteroatoms. The van der Waals surface area contributed by atoms with Crippen molar-refractivity contribution in [2.45, 2.75) is 6.92 Å². The Kier molecular flexibility index (Phi) is 4.80. The van der Waals surface area contributed by atoms with Gasteiger partial charge in [0, 0.05) is 19.1 Å². The molecular weight excluding hydrogens is 264 g/mol. The molecule has 1 aromatic carbocycles. The summed E-state index contributed by atoms with van der Waals surface area (Å²) in [5, 5.41) is 10.3. The first-order chi connectivity index (χ1) is 8.41. The number of benzene rings is 1. The van der Waals surface area contributed by atoms with Gasteiger partial charge in [-0.1, -0.05) is 23.6 Å². The van der Waals surface area contributed by atoms with Crippen LogP contribution in [-0.2, 0) is 4.79 Å². The summed E-state index contributed by atoms with van der Waals surface area (Å²) in [5.41, 5.74) is -1.10. The second-order valence-corrected chi connectivity index (χ2v) is 4.27. The Labute approximate surface area is 106 Å². The fourth-order valence-corrected chi connectivity index (χ4v) is 1.39. The Morgan fingerprint density at radius 2 is 2.11 bits per heavy atom. The van der Waals surface area contributed by atoms with Crippen LogP contribution in [0.15, 0.2) is 12.1 Å². The van der Waals surface area contributed by atoms with Crippen molar-refractivity contribution in [1.82, 2.24) is 0 Å². The van der Waals surface area contributed by atoms with Gasteiger partial charge in [-0.15, -0.1) is 0 Å². The zero-order chi connectivity index (χ0) is 13.7. The van der Waals surface area contributed by atoms with Crippen LogP contribution in [0, 0.1) is 33.6 Å². The maximum atomic E-state index is 13.2. The van der Waals surface area contributed by atoms with E-state index in [2.05, 4.69) is 11.8 Å². The van der Waals surface area contributed by atoms with E-state index < -0.39 is 22.2 Å². The smallest absolute Gasteiger partial charge is 0.288 e. The maximum absolute atomic E-state index is 13.2. The average Bonchev–Trinajstić information content (AvgIpc) is 2.25. The van der Waals surface area contributed by atoms with Crippen LogP contribution in [0.4, 0.5) is 14.5 Å². The van der Waals surface area contributed by atoms with Gasteiger partial charge in [0.05, 0.1) is 16.2 Å². The van der Waals surface area contributed by atoms with Crippen LogP contribution < -0.4 is 0 Å². The molecule has 18 heavy (non-hydrogen) atoms. The van der Waals surface area contributed by atoms with Crippen molar-refractivity contribution in [3.8, 4) is 11.8 Å². The molecule has 0 aliphatic rings. The van der Waals surface area contributed by atoms with Crippen LogP contribution in [-0.4, -0.2) is 15.8 Å². The standard InChI is InChI=1S/C11H7F2NO3S/c1-7(15)18-4-2-3-8-5-11(14(16)17)10(13)6-9(8)12/h5-6H,4H2,1H3. The summed E-state index contributed by atoms with van der Waals surface area (Å²) in [4.78, 5) is 20.1. The summed E-state index contributed by atoms with van der Waals surface area (Å²) in [6.07, 6.45) is 0. The number of carbonyl (C=O) groups excluding carboxylic acids is 1. The largest absolute Gasteiger partial charge is 0.306 e. The Balaban J connectivity index is 2.98. The Morgan fingerprint density at radius 3 is 2.67 bits per heavy atom. The van der Waals surface area contributed by atoms with Crippen LogP contribution in [0.25, 0.3) is 0 Å². The topological polar surface area (TPSA) is 60.2 Å². The summed E-state index contributed by atoms with van der Waals surface area (Å²) in [7, 11) is 0. The molecule has 1 aromatic rings. The van der Waals surface area contributed by atoms with E-state index in [1.54, 1.807) is 0 Å². The predicted octanol–water partition coefficient (Wildman–Crippen LogP) is 2.50. The molecule has 0 heterocycles. The molecular formula is C11H7F2NO3S. The molecule has 94 valence electrons. The third-order valence-corrected chi connectivity index (χ3v) is 2.50. The fourth-order valence-electron chi connectivity index (χ4n) is 1.04. The molecule has 0 aliphatic carbocycles. The summed E-state index contributed by atoms with van der Waals surface area (Å²) in [6, 6.07) is 1.15. The van der Waals surface area contributed by atoms with Gasteiger partial charge in [0.25, 0.3) is 0 Å². The molecule has 0 bridgehead atoms. The van der Waals surface area contributed by atoms with E-state index in [0.717, 1.165) is 17.8 Å². The summed E-state index contributed by atoms with van der Waals surface area (Å²) in [5.74, 6) is 2.70. The van der Waals surface area contributed by atoms with Gasteiger partial charge in [-0.3, -0.25) is 14.9 Å². The van der Waals surface area contributed by atoms with E-state index in [9.17, 15) is 23.7 Å². The molecule has 0 spiro atoms. The van der Waals surface area contributed by atoms with Gasteiger partial charge in [-0.05, 0) is 0 Å². The molecule has 1 rings (SSSR count). The van der Waals surface area contributed by atoms with E-state index in [0.29, 0.717) is 6.07 Å². The summed E-state index contributed by atoms with van der Waals surface area (Å²) >= 11 is 0.927. The lowest BCUT2D eigenvalue weighted by molar-refractivity contribution is -0.387. The zero-order valence-electron chi connectivity index (χ0n) is 9.20. The predicted molar refractivity (Wildman–Crippen MR) is 63.0 cm³/mol. The normalized spacial score (nSPS) is 9.50. The lowest BCUT2D eigenvalue weighted by Gasteiger charge is -1.97. The molecule has 0 N–H and O–H groups in total. The molecule has 0 saturated carbocycles. The first kappa shape index (κ1) is 14.1. The van der Waals surface area contributed by atoms with E-state index >= 15 is 0 Å². The number of halogens is 2. The van der Waals surface area contributed by atoms with Crippen molar-refractivity contribution >= 4 is 22.6 Å². The van der Waals surface area contributed by atoms with Crippen LogP contribution in [0.2, 0.25) is 0 Å². The number of nitro groups is 1. The van der Waals surface area contributed by atoms with Gasteiger partial charge in [0.1, 0.15) is 5.82 Å². The number of rotatable bonds is 2. The van der Waals surface area contributed by atoms with Crippen molar-refractivity contribution < 1.29 is 18.5 Å². The highest BCUT2D eigenvalue weighted by Gasteiger charge is 2.17. The van der Waals surface area contributed by atoms with Crippen LogP contribution in [0.3, 0.4) is 0 Å². The fraction of sp³-hybridized carbons (Fsp3) is 0.182. The molecule has 0 radical (unpaired) electrons. The van der Waals surface area contributed by atoms with Crippen molar-refractivity contribution in [3.05, 3.63) is 39.4 Å². The number of carbonyl (C=O) groups is 1. The van der Waals surface area contributed by atoms with E-state index in [4.69, 9.17) is 0 Å². The first-order valence-electron chi connectivity index (χ1n) is 4.67. The quantitative estimate of drug-likeness (QED) is 0.471. The Hall–Kier alpha value is -1.94. The highest BCUT2D eigenvalue weighted by atomic mass is 32.2. The van der Waals surface area contributed by atoms with Gasteiger partial charge in [0.15, 0.2) is 5.12 Å². The molecule has 0 amide bonds. The van der Waals surface area contributed by atoms with Gasteiger partial charge in [0.2, 0.25) is 5.82 Å². The zero-order valence-corrected chi connectivity index (χ0v) is 10.0. The van der Waals surface area contributed by atoms with Crippen molar-refractivity contribution in [2.75, 3.05) is 5.75 Å². The molecule has 0 unspecified atom stereocenters. The van der Waals surface area contributed by atoms with Gasteiger partial charge < -0.3 is 0 Å². The lowest BCUT2D eigenvalue weighted by Crippen LogP contribution is -1.96. The monoisotopic (exact) mass is 271 g/mol. The number of nitrogens with zero attached hydrogens (tertiary/aromatic N) is 1. The summed E-state index contributed by atoms with van der Waals surface area (Å²) in [6.45, 7) is 1.36. The van der Waals surface area contributed by atoms with E-state index in [1.807, 2.05) is 0 Å². The minimum absolute atomic E-state index is 0.139. The Morgan fingerprint density at radius 1 is 1.44 bits per heavy atom. The highest BCUT2D eigenvalue weighted by molar-refractivity contribution is 8.13. The first-order valence-corrected chi connectivity index (χ1v) is 5.66. The minimum atomic E-state index is -1.25. The Bertz CT molecular complexity index is 563. The molecule has 4 nitrogen and oxygen atoms in total. The SMILES string of the molecule is CC(=O)SCC#Cc1cc([N+](=O)[O-])c(F)cc1F. The second kappa shape index (κ2) is 6.12. The summed E-state index contributed by atoms with van der Waals surface area (Å²) < 4.78 is 26.2. The minimum Gasteiger partial charge on any atom is -0.288 e. The van der Waals surface area contributed by atoms with Crippen molar-refractivity contribution in [2.24, 2.45) is 0 Å². The number of thioether (sulfide) groups is 1. The number of hydrogen-bond donors (Lipinski definition) is 0. The maximum Gasteiger partial charge on any atom is 0.306 e. The lowest BCUT2D eigenvalue weighted by atomic mass is 10.2. The van der Waals surface area contributed by atoms with Crippen LogP contribution in [0.5, 0.6) is 0 Å². The molecule has 0 saturated heterocycles. The third kappa shape index (κ3) is 3.82. The van der Waals surface area contributed by atoms with E-state index in [1.165, 1.54) is 6.92 Å². The van der Waals surface area contributed by atoms with Crippen LogP contribution >= 0.6 is 11.8 Å². The molecule has 0 fully saturated rings. The van der Waals surface area contributed by atoms with Gasteiger partial charge in [-0.2, -0.15) is 4.39 Å². The molecule has 0 aromatic heterocycles. The van der Waals surface area contributed by atoms with Crippen LogP contribution in [0.1, 0.15) is 12.5 Å². The van der Waals surface area contributed by atoms with Crippen molar-refractivity contribution in [1.29, 1.82) is 0 Å². The van der Waals surface area contributed by atoms with Gasteiger partial charge in [-0.25, -0.2) is 4.39 Å². The number of hydrogen-bond acceptors (Lipinski definition) is 4. The third-order valence-electron chi connectivity index (χ3n) is 1.80. The van der Waals surface area contributed by atoms with Gasteiger partial charge >= 0.3 is 5.69 Å². The second-order valence-electron chi connectivity index (χ2n) is 3.12. The van der Waals surface area contributed by atoms with Crippen molar-refractivity contribution in [3.63, 3.8) is 0 Å². The van der Waals surface area contributed by atoms with E-state index in [-0.39, 0.29) is 16.4 Å². The average molecular weight is 271 g/mol. The highest BCUT2D eigenvalue weighted by Crippen LogP contribution is 2.20.